The molecular weight excluding hydrogens is 450 g/mol. The van der Waals surface area contributed by atoms with E-state index in [0.717, 1.165) is 19.2 Å². The first-order valence-electron chi connectivity index (χ1n) is 8.49. The number of ether oxygens (including phenoxy) is 1. The average Bonchev–Trinajstić information content (AvgIpc) is 2.74. The van der Waals surface area contributed by atoms with E-state index in [0.29, 0.717) is 0 Å². The zero-order valence-corrected chi connectivity index (χ0v) is 17.5. The van der Waals surface area contributed by atoms with Crippen molar-refractivity contribution in [3.05, 3.63) is 82.9 Å². The van der Waals surface area contributed by atoms with Crippen LogP contribution in [0, 0.1) is 10.1 Å². The van der Waals surface area contributed by atoms with Gasteiger partial charge < -0.3 is 13.1 Å². The third kappa shape index (κ3) is 4.92. The van der Waals surface area contributed by atoms with Crippen molar-refractivity contribution in [3.63, 3.8) is 0 Å². The summed E-state index contributed by atoms with van der Waals surface area (Å²) in [5, 5.41) is 11.3. The fourth-order valence-corrected chi connectivity index (χ4v) is 4.39. The van der Waals surface area contributed by atoms with Gasteiger partial charge in [-0.3, -0.25) is 10.1 Å². The van der Waals surface area contributed by atoms with Gasteiger partial charge in [0, 0.05) is 0 Å². The van der Waals surface area contributed by atoms with Crippen molar-refractivity contribution >= 4 is 25.9 Å². The molecule has 0 atom stereocenters. The van der Waals surface area contributed by atoms with Crippen LogP contribution in [0.5, 0.6) is 17.2 Å². The standard InChI is InChI=1S/C19H15NO9S2/c1-27-19-17(28-30(23,24)15-8-4-2-5-9-15)12-14(20(21)22)13-18(19)29-31(25,26)16-10-6-3-7-11-16/h2-13H,1H3. The van der Waals surface area contributed by atoms with E-state index >= 15 is 0 Å². The van der Waals surface area contributed by atoms with Crippen LogP contribution in [-0.2, 0) is 20.2 Å². The summed E-state index contributed by atoms with van der Waals surface area (Å²) in [6, 6.07) is 15.6. The predicted molar refractivity (Wildman–Crippen MR) is 108 cm³/mol. The zero-order valence-electron chi connectivity index (χ0n) is 15.9. The number of nitro benzene ring substituents is 1. The van der Waals surface area contributed by atoms with Gasteiger partial charge in [-0.25, -0.2) is 0 Å². The van der Waals surface area contributed by atoms with Crippen LogP contribution in [0.4, 0.5) is 5.69 Å². The zero-order chi connectivity index (χ0) is 22.6. The molecule has 0 aromatic heterocycles. The lowest BCUT2D eigenvalue weighted by molar-refractivity contribution is -0.385. The number of nitrogens with zero attached hydrogens (tertiary/aromatic N) is 1. The van der Waals surface area contributed by atoms with Crippen LogP contribution in [-0.4, -0.2) is 28.9 Å². The van der Waals surface area contributed by atoms with E-state index in [1.165, 1.54) is 48.5 Å². The van der Waals surface area contributed by atoms with E-state index in [-0.39, 0.29) is 9.79 Å². The Morgan fingerprint density at radius 1 is 0.742 bits per heavy atom. The normalized spacial score (nSPS) is 11.5. The van der Waals surface area contributed by atoms with Gasteiger partial charge in [-0.05, 0) is 24.3 Å². The second-order valence-electron chi connectivity index (χ2n) is 5.93. The Balaban J connectivity index is 2.11. The molecule has 3 rings (SSSR count). The lowest BCUT2D eigenvalue weighted by Gasteiger charge is -2.15. The highest BCUT2D eigenvalue weighted by Gasteiger charge is 2.28. The quantitative estimate of drug-likeness (QED) is 0.279. The Morgan fingerprint density at radius 3 is 1.45 bits per heavy atom. The maximum absolute atomic E-state index is 12.6. The van der Waals surface area contributed by atoms with Crippen molar-refractivity contribution in [2.45, 2.75) is 9.79 Å². The molecule has 12 heteroatoms. The second kappa shape index (κ2) is 8.62. The summed E-state index contributed by atoms with van der Waals surface area (Å²) in [7, 11) is -7.71. The van der Waals surface area contributed by atoms with Crippen LogP contribution < -0.4 is 13.1 Å². The molecule has 3 aromatic rings. The molecule has 3 aromatic carbocycles. The first kappa shape index (κ1) is 22.1. The number of benzene rings is 3. The summed E-state index contributed by atoms with van der Waals surface area (Å²) in [6.45, 7) is 0. The molecule has 0 spiro atoms. The van der Waals surface area contributed by atoms with E-state index in [9.17, 15) is 26.9 Å². The molecule has 0 aliphatic rings. The predicted octanol–water partition coefficient (Wildman–Crippen LogP) is 3.14. The minimum atomic E-state index is -4.41. The van der Waals surface area contributed by atoms with Gasteiger partial charge in [0.2, 0.25) is 5.75 Å². The Bertz CT molecular complexity index is 1210. The summed E-state index contributed by atoms with van der Waals surface area (Å²) in [5.41, 5.74) is -0.669. The molecule has 0 unspecified atom stereocenters. The summed E-state index contributed by atoms with van der Waals surface area (Å²) in [6.07, 6.45) is 0. The van der Waals surface area contributed by atoms with E-state index in [1.807, 2.05) is 0 Å². The van der Waals surface area contributed by atoms with Crippen LogP contribution >= 0.6 is 0 Å². The van der Waals surface area contributed by atoms with Crippen LogP contribution in [0.3, 0.4) is 0 Å². The van der Waals surface area contributed by atoms with Crippen molar-refractivity contribution in [3.8, 4) is 17.2 Å². The summed E-state index contributed by atoms with van der Waals surface area (Å²) >= 11 is 0. The highest BCUT2D eigenvalue weighted by atomic mass is 32.2. The van der Waals surface area contributed by atoms with Crippen LogP contribution in [0.25, 0.3) is 0 Å². The van der Waals surface area contributed by atoms with Gasteiger partial charge in [0.05, 0.1) is 24.2 Å². The third-order valence-electron chi connectivity index (χ3n) is 3.88. The van der Waals surface area contributed by atoms with Crippen molar-refractivity contribution in [2.75, 3.05) is 7.11 Å². The second-order valence-corrected chi connectivity index (χ2v) is 9.03. The topological polar surface area (TPSA) is 139 Å². The van der Waals surface area contributed by atoms with E-state index in [2.05, 4.69) is 0 Å². The minimum Gasteiger partial charge on any atom is -0.490 e. The molecule has 0 saturated heterocycles. The van der Waals surface area contributed by atoms with Crippen LogP contribution in [0.15, 0.2) is 82.6 Å². The molecular formula is C19H15NO9S2. The molecule has 0 amide bonds. The van der Waals surface area contributed by atoms with Gasteiger partial charge in [-0.1, -0.05) is 36.4 Å². The molecule has 0 N–H and O–H groups in total. The first-order chi connectivity index (χ1) is 14.6. The molecule has 0 saturated carbocycles. The molecule has 0 fully saturated rings. The number of nitro groups is 1. The average molecular weight is 465 g/mol. The minimum absolute atomic E-state index is 0.220. The highest BCUT2D eigenvalue weighted by molar-refractivity contribution is 7.87. The van der Waals surface area contributed by atoms with Crippen molar-refractivity contribution in [1.82, 2.24) is 0 Å². The Labute approximate surface area is 178 Å². The van der Waals surface area contributed by atoms with Crippen LogP contribution in [0.1, 0.15) is 0 Å². The molecule has 0 bridgehead atoms. The maximum atomic E-state index is 12.6. The van der Waals surface area contributed by atoms with E-state index in [4.69, 9.17) is 13.1 Å². The highest BCUT2D eigenvalue weighted by Crippen LogP contribution is 2.43. The molecule has 10 nitrogen and oxygen atoms in total. The Morgan fingerprint density at radius 2 is 1.13 bits per heavy atom. The number of hydrogen-bond donors (Lipinski definition) is 0. The van der Waals surface area contributed by atoms with Gasteiger partial charge in [-0.2, -0.15) is 16.8 Å². The molecule has 162 valence electrons. The Hall–Kier alpha value is -3.64. The van der Waals surface area contributed by atoms with Crippen molar-refractivity contribution in [2.24, 2.45) is 0 Å². The fourth-order valence-electron chi connectivity index (χ4n) is 2.50. The number of methoxy groups -OCH3 is 1. The third-order valence-corrected chi connectivity index (χ3v) is 6.38. The lowest BCUT2D eigenvalue weighted by atomic mass is 10.2. The number of hydrogen-bond acceptors (Lipinski definition) is 9. The van der Waals surface area contributed by atoms with Gasteiger partial charge in [-0.15, -0.1) is 0 Å². The number of rotatable bonds is 8. The van der Waals surface area contributed by atoms with Crippen molar-refractivity contribution in [1.29, 1.82) is 0 Å². The monoisotopic (exact) mass is 465 g/mol. The lowest BCUT2D eigenvalue weighted by Crippen LogP contribution is -2.13. The molecule has 31 heavy (non-hydrogen) atoms. The van der Waals surface area contributed by atoms with Gasteiger partial charge in [0.25, 0.3) is 5.69 Å². The SMILES string of the molecule is COc1c(OS(=O)(=O)c2ccccc2)cc([N+](=O)[O-])cc1OS(=O)(=O)c1ccccc1. The van der Waals surface area contributed by atoms with Gasteiger partial charge in [0.15, 0.2) is 11.5 Å². The smallest absolute Gasteiger partial charge is 0.339 e. The largest absolute Gasteiger partial charge is 0.490 e. The summed E-state index contributed by atoms with van der Waals surface area (Å²) in [5.74, 6) is -1.68. The first-order valence-corrected chi connectivity index (χ1v) is 11.3. The maximum Gasteiger partial charge on any atom is 0.339 e. The molecule has 0 aliphatic heterocycles. The molecule has 0 radical (unpaired) electrons. The van der Waals surface area contributed by atoms with Crippen molar-refractivity contribution < 1.29 is 34.9 Å². The summed E-state index contributed by atoms with van der Waals surface area (Å²) in [4.78, 5) is 10.0. The molecule has 0 aliphatic carbocycles. The molecule has 0 heterocycles. The summed E-state index contributed by atoms with van der Waals surface area (Å²) < 4.78 is 65.4. The van der Waals surface area contributed by atoms with Gasteiger partial charge >= 0.3 is 20.2 Å². The van der Waals surface area contributed by atoms with Crippen LogP contribution in [0.2, 0.25) is 0 Å². The van der Waals surface area contributed by atoms with E-state index in [1.54, 1.807) is 12.1 Å². The van der Waals surface area contributed by atoms with Gasteiger partial charge in [0.1, 0.15) is 9.79 Å². The van der Waals surface area contributed by atoms with E-state index < -0.39 is 48.1 Å². The number of non-ortho nitro benzene ring substituents is 1. The Kier molecular flexibility index (Phi) is 6.13. The fraction of sp³-hybridized carbons (Fsp3) is 0.0526.